The average molecular weight is 287 g/mol. The molecule has 1 saturated heterocycles. The van der Waals surface area contributed by atoms with Crippen molar-refractivity contribution in [3.8, 4) is 5.69 Å². The van der Waals surface area contributed by atoms with Gasteiger partial charge in [0.05, 0.1) is 18.4 Å². The van der Waals surface area contributed by atoms with E-state index in [-0.39, 0.29) is 12.0 Å². The maximum Gasteiger partial charge on any atom is 0.254 e. The Bertz CT molecular complexity index is 641. The Labute approximate surface area is 122 Å². The van der Waals surface area contributed by atoms with Gasteiger partial charge in [0.15, 0.2) is 0 Å². The summed E-state index contributed by atoms with van der Waals surface area (Å²) in [6.07, 6.45) is 1.62. The molecule has 3 rings (SSSR count). The van der Waals surface area contributed by atoms with Crippen LogP contribution >= 0.6 is 0 Å². The molecule has 1 aliphatic rings. The molecule has 0 bridgehead atoms. The maximum absolute atomic E-state index is 12.5. The molecule has 0 aliphatic carbocycles. The number of rotatable bonds is 2. The SMILES string of the molecule is Cc1cc(C(=O)N2CCOC(C)C2)ccc1-n1cnnn1. The van der Waals surface area contributed by atoms with Gasteiger partial charge in [0.1, 0.15) is 6.33 Å². The lowest BCUT2D eigenvalue weighted by atomic mass is 10.1. The van der Waals surface area contributed by atoms with Crippen molar-refractivity contribution in [1.82, 2.24) is 25.1 Å². The molecule has 0 spiro atoms. The molecule has 1 aliphatic heterocycles. The average Bonchev–Trinajstić information content (AvgIpc) is 3.00. The second-order valence-electron chi connectivity index (χ2n) is 5.19. The number of benzene rings is 1. The largest absolute Gasteiger partial charge is 0.375 e. The number of amides is 1. The number of aryl methyl sites for hydroxylation is 1. The van der Waals surface area contributed by atoms with Crippen LogP contribution in [-0.2, 0) is 4.74 Å². The zero-order chi connectivity index (χ0) is 14.8. The van der Waals surface area contributed by atoms with Gasteiger partial charge in [0, 0.05) is 18.7 Å². The van der Waals surface area contributed by atoms with Gasteiger partial charge in [-0.2, -0.15) is 0 Å². The molecule has 1 unspecified atom stereocenters. The molecule has 1 fully saturated rings. The summed E-state index contributed by atoms with van der Waals surface area (Å²) in [6, 6.07) is 5.55. The minimum atomic E-state index is 0.0384. The van der Waals surface area contributed by atoms with E-state index in [9.17, 15) is 4.79 Å². The molecule has 7 nitrogen and oxygen atoms in total. The molecule has 0 radical (unpaired) electrons. The molecular weight excluding hydrogens is 270 g/mol. The van der Waals surface area contributed by atoms with Crippen LogP contribution in [-0.4, -0.2) is 56.8 Å². The molecule has 0 saturated carbocycles. The summed E-state index contributed by atoms with van der Waals surface area (Å²) in [4.78, 5) is 14.4. The fourth-order valence-corrected chi connectivity index (χ4v) is 2.50. The van der Waals surface area contributed by atoms with Crippen molar-refractivity contribution in [2.24, 2.45) is 0 Å². The first-order valence-corrected chi connectivity index (χ1v) is 6.90. The van der Waals surface area contributed by atoms with Gasteiger partial charge in [0.2, 0.25) is 0 Å². The second kappa shape index (κ2) is 5.61. The molecule has 1 aromatic carbocycles. The van der Waals surface area contributed by atoms with E-state index >= 15 is 0 Å². The Morgan fingerprint density at radius 3 is 2.95 bits per heavy atom. The van der Waals surface area contributed by atoms with Crippen LogP contribution in [0.1, 0.15) is 22.8 Å². The highest BCUT2D eigenvalue weighted by Crippen LogP contribution is 2.17. The van der Waals surface area contributed by atoms with E-state index < -0.39 is 0 Å². The molecule has 1 aromatic heterocycles. The van der Waals surface area contributed by atoms with E-state index in [1.54, 1.807) is 4.68 Å². The van der Waals surface area contributed by atoms with Crippen molar-refractivity contribution in [1.29, 1.82) is 0 Å². The Balaban J connectivity index is 1.83. The van der Waals surface area contributed by atoms with Gasteiger partial charge in [-0.15, -0.1) is 5.10 Å². The number of morpholine rings is 1. The van der Waals surface area contributed by atoms with E-state index in [0.29, 0.717) is 25.3 Å². The highest BCUT2D eigenvalue weighted by Gasteiger charge is 2.22. The number of ether oxygens (including phenoxy) is 1. The Hall–Kier alpha value is -2.28. The molecule has 1 amide bonds. The number of hydrogen-bond acceptors (Lipinski definition) is 5. The molecule has 0 N–H and O–H groups in total. The predicted molar refractivity (Wildman–Crippen MR) is 75.2 cm³/mol. The quantitative estimate of drug-likeness (QED) is 0.818. The lowest BCUT2D eigenvalue weighted by Gasteiger charge is -2.31. The molecule has 110 valence electrons. The van der Waals surface area contributed by atoms with Crippen molar-refractivity contribution in [2.75, 3.05) is 19.7 Å². The summed E-state index contributed by atoms with van der Waals surface area (Å²) in [5, 5.41) is 11.1. The summed E-state index contributed by atoms with van der Waals surface area (Å²) in [5.41, 5.74) is 2.50. The highest BCUT2D eigenvalue weighted by atomic mass is 16.5. The third-order valence-corrected chi connectivity index (χ3v) is 3.57. The smallest absolute Gasteiger partial charge is 0.254 e. The first-order chi connectivity index (χ1) is 10.1. The summed E-state index contributed by atoms with van der Waals surface area (Å²) in [7, 11) is 0. The first kappa shape index (κ1) is 13.7. The molecular formula is C14H17N5O2. The van der Waals surface area contributed by atoms with Crippen LogP contribution < -0.4 is 0 Å². The van der Waals surface area contributed by atoms with Crippen LogP contribution in [0.2, 0.25) is 0 Å². The summed E-state index contributed by atoms with van der Waals surface area (Å²) in [6.45, 7) is 5.78. The normalized spacial score (nSPS) is 18.8. The fourth-order valence-electron chi connectivity index (χ4n) is 2.50. The number of aromatic nitrogens is 4. The van der Waals surface area contributed by atoms with Gasteiger partial charge >= 0.3 is 0 Å². The van der Waals surface area contributed by atoms with Crippen LogP contribution in [0, 0.1) is 6.92 Å². The van der Waals surface area contributed by atoms with Crippen LogP contribution in [0.4, 0.5) is 0 Å². The third-order valence-electron chi connectivity index (χ3n) is 3.57. The van der Waals surface area contributed by atoms with Crippen molar-refractivity contribution in [2.45, 2.75) is 20.0 Å². The maximum atomic E-state index is 12.5. The van der Waals surface area contributed by atoms with Crippen LogP contribution in [0.5, 0.6) is 0 Å². The van der Waals surface area contributed by atoms with Crippen LogP contribution in [0.15, 0.2) is 24.5 Å². The Morgan fingerprint density at radius 1 is 1.43 bits per heavy atom. The second-order valence-corrected chi connectivity index (χ2v) is 5.19. The van der Waals surface area contributed by atoms with Gasteiger partial charge in [-0.25, -0.2) is 4.68 Å². The molecule has 21 heavy (non-hydrogen) atoms. The van der Waals surface area contributed by atoms with Gasteiger partial charge in [-0.05, 0) is 48.0 Å². The van der Waals surface area contributed by atoms with Gasteiger partial charge in [-0.3, -0.25) is 4.79 Å². The predicted octanol–water partition coefficient (Wildman–Crippen LogP) is 0.832. The molecule has 2 aromatic rings. The number of carbonyl (C=O) groups excluding carboxylic acids is 1. The number of carbonyl (C=O) groups is 1. The minimum absolute atomic E-state index is 0.0384. The fraction of sp³-hybridized carbons (Fsp3) is 0.429. The molecule has 2 heterocycles. The molecule has 1 atom stereocenters. The van der Waals surface area contributed by atoms with Crippen LogP contribution in [0.25, 0.3) is 5.69 Å². The van der Waals surface area contributed by atoms with Crippen molar-refractivity contribution in [3.63, 3.8) is 0 Å². The van der Waals surface area contributed by atoms with Gasteiger partial charge in [0.25, 0.3) is 5.91 Å². The van der Waals surface area contributed by atoms with E-state index in [1.165, 1.54) is 6.33 Å². The summed E-state index contributed by atoms with van der Waals surface area (Å²) < 4.78 is 7.05. The monoisotopic (exact) mass is 287 g/mol. The summed E-state index contributed by atoms with van der Waals surface area (Å²) >= 11 is 0. The summed E-state index contributed by atoms with van der Waals surface area (Å²) in [5.74, 6) is 0.0384. The topological polar surface area (TPSA) is 73.1 Å². The van der Waals surface area contributed by atoms with E-state index in [1.807, 2.05) is 36.9 Å². The molecule has 7 heteroatoms. The van der Waals surface area contributed by atoms with Crippen molar-refractivity contribution in [3.05, 3.63) is 35.7 Å². The minimum Gasteiger partial charge on any atom is -0.375 e. The van der Waals surface area contributed by atoms with E-state index in [2.05, 4.69) is 15.5 Å². The van der Waals surface area contributed by atoms with Gasteiger partial charge in [-0.1, -0.05) is 0 Å². The highest BCUT2D eigenvalue weighted by molar-refractivity contribution is 5.94. The van der Waals surface area contributed by atoms with Gasteiger partial charge < -0.3 is 9.64 Å². The number of tetrazole rings is 1. The van der Waals surface area contributed by atoms with Crippen molar-refractivity contribution < 1.29 is 9.53 Å². The Kier molecular flexibility index (Phi) is 3.66. The first-order valence-electron chi connectivity index (χ1n) is 6.90. The van der Waals surface area contributed by atoms with Crippen LogP contribution in [0.3, 0.4) is 0 Å². The zero-order valence-electron chi connectivity index (χ0n) is 12.1. The lowest BCUT2D eigenvalue weighted by Crippen LogP contribution is -2.44. The standard InChI is InChI=1S/C14H17N5O2/c1-10-7-12(3-4-13(10)19-9-15-16-17-19)14(20)18-5-6-21-11(2)8-18/h3-4,7,9,11H,5-6,8H2,1-2H3. The number of nitrogens with zero attached hydrogens (tertiary/aromatic N) is 5. The van der Waals surface area contributed by atoms with E-state index in [0.717, 1.165) is 11.3 Å². The van der Waals surface area contributed by atoms with Crippen molar-refractivity contribution >= 4 is 5.91 Å². The Morgan fingerprint density at radius 2 is 2.29 bits per heavy atom. The third kappa shape index (κ3) is 2.78. The van der Waals surface area contributed by atoms with E-state index in [4.69, 9.17) is 4.74 Å². The lowest BCUT2D eigenvalue weighted by molar-refractivity contribution is -0.0124. The zero-order valence-corrected chi connectivity index (χ0v) is 12.1. The number of hydrogen-bond donors (Lipinski definition) is 0.